The van der Waals surface area contributed by atoms with Crippen molar-refractivity contribution < 1.29 is 8.42 Å². The summed E-state index contributed by atoms with van der Waals surface area (Å²) in [7, 11) is -3.74. The molecule has 3 heterocycles. The van der Waals surface area contributed by atoms with Gasteiger partial charge in [0.1, 0.15) is 0 Å². The molecule has 4 nitrogen and oxygen atoms in total. The van der Waals surface area contributed by atoms with Crippen LogP contribution in [0, 0.1) is 0 Å². The van der Waals surface area contributed by atoms with E-state index in [4.69, 9.17) is 0 Å². The van der Waals surface area contributed by atoms with Gasteiger partial charge in [-0.25, -0.2) is 8.42 Å². The molecule has 3 aliphatic rings. The van der Waals surface area contributed by atoms with Crippen LogP contribution in [0.5, 0.6) is 0 Å². The summed E-state index contributed by atoms with van der Waals surface area (Å²) in [5, 5.41) is 0. The Morgan fingerprint density at radius 3 is 1.26 bits per heavy atom. The summed E-state index contributed by atoms with van der Waals surface area (Å²) in [4.78, 5) is 5.19. The second kappa shape index (κ2) is 9.46. The molecule has 0 spiro atoms. The molecule has 6 aromatic carbocycles. The summed E-state index contributed by atoms with van der Waals surface area (Å²) in [5.74, 6) is 0. The van der Waals surface area contributed by atoms with Crippen molar-refractivity contribution in [2.75, 3.05) is 9.80 Å². The molecule has 9 rings (SSSR count). The third-order valence-corrected chi connectivity index (χ3v) is 12.4. The highest BCUT2D eigenvalue weighted by atomic mass is 32.2. The van der Waals surface area contributed by atoms with Gasteiger partial charge in [-0.05, 0) is 76.9 Å². The molecule has 0 saturated carbocycles. The summed E-state index contributed by atoms with van der Waals surface area (Å²) < 4.78 is 28.5. The van der Waals surface area contributed by atoms with E-state index >= 15 is 0 Å². The molecule has 0 N–H and O–H groups in total. The number of hydrogen-bond donors (Lipinski definition) is 0. The summed E-state index contributed by atoms with van der Waals surface area (Å²) >= 11 is 0. The Hall–Kier alpha value is -5.13. The summed E-state index contributed by atoms with van der Waals surface area (Å²) in [6.45, 7) is 9.05. The van der Waals surface area contributed by atoms with Gasteiger partial charge in [0, 0.05) is 33.3 Å². The Balaban J connectivity index is 1.21. The summed E-state index contributed by atoms with van der Waals surface area (Å²) in [5.41, 5.74) is 12.1. The number of anilines is 6. The van der Waals surface area contributed by atoms with E-state index in [9.17, 15) is 8.42 Å². The number of benzene rings is 6. The zero-order valence-electron chi connectivity index (χ0n) is 26.8. The number of sulfone groups is 1. The van der Waals surface area contributed by atoms with Crippen LogP contribution in [-0.4, -0.2) is 8.42 Å². The van der Waals surface area contributed by atoms with Gasteiger partial charge in [0.15, 0.2) is 0 Å². The lowest BCUT2D eigenvalue weighted by Crippen LogP contribution is -2.30. The quantitative estimate of drug-likeness (QED) is 0.191. The topological polar surface area (TPSA) is 40.6 Å². The normalized spacial score (nSPS) is 17.1. The van der Waals surface area contributed by atoms with E-state index in [0.29, 0.717) is 9.79 Å². The lowest BCUT2D eigenvalue weighted by Gasteiger charge is -2.42. The van der Waals surface area contributed by atoms with E-state index in [2.05, 4.69) is 147 Å². The molecule has 230 valence electrons. The maximum atomic E-state index is 14.2. The van der Waals surface area contributed by atoms with E-state index in [1.165, 1.54) is 22.3 Å². The van der Waals surface area contributed by atoms with E-state index in [1.807, 2.05) is 18.2 Å². The number of fused-ring (bicyclic) bond motifs is 7. The number of nitrogens with zero attached hydrogens (tertiary/aromatic N) is 2. The maximum absolute atomic E-state index is 14.2. The summed E-state index contributed by atoms with van der Waals surface area (Å²) in [6.07, 6.45) is 0. The maximum Gasteiger partial charge on any atom is 0.207 e. The molecule has 0 aromatic heterocycles. The summed E-state index contributed by atoms with van der Waals surface area (Å²) in [6, 6.07) is 45.6. The highest BCUT2D eigenvalue weighted by Gasteiger charge is 2.40. The largest absolute Gasteiger partial charge is 0.310 e. The van der Waals surface area contributed by atoms with Crippen LogP contribution < -0.4 is 9.80 Å². The van der Waals surface area contributed by atoms with Crippen molar-refractivity contribution in [3.63, 3.8) is 0 Å². The van der Waals surface area contributed by atoms with E-state index in [-0.39, 0.29) is 10.8 Å². The molecule has 5 heteroatoms. The molecule has 0 saturated heterocycles. The van der Waals surface area contributed by atoms with Gasteiger partial charge >= 0.3 is 0 Å². The second-order valence-electron chi connectivity index (χ2n) is 13.9. The average molecular weight is 631 g/mol. The van der Waals surface area contributed by atoms with Gasteiger partial charge in [-0.15, -0.1) is 0 Å². The molecule has 0 aliphatic carbocycles. The fraction of sp³-hybridized carbons (Fsp3) is 0.143. The Morgan fingerprint density at radius 2 is 0.809 bits per heavy atom. The van der Waals surface area contributed by atoms with Gasteiger partial charge in [0.25, 0.3) is 0 Å². The van der Waals surface area contributed by atoms with Gasteiger partial charge in [0.2, 0.25) is 9.84 Å². The predicted octanol–water partition coefficient (Wildman–Crippen LogP) is 10.7. The standard InChI is InChI=1S/C42H34N2O2S/c1-41(2)31-13-5-9-17-35(31)43(36-18-10-6-14-32(36)41)27-22-24-39-30(25-27)29-23-21-28(26-40(29)47(39,45)46)44-37-19-11-7-15-33(37)42(3,4)34-16-8-12-20-38(34)44/h5-26H,1-4H3. The van der Waals surface area contributed by atoms with Gasteiger partial charge in [-0.1, -0.05) is 107 Å². The van der Waals surface area contributed by atoms with Crippen molar-refractivity contribution >= 4 is 44.0 Å². The molecule has 3 aliphatic heterocycles. The molecular formula is C42H34N2O2S. The molecule has 0 unspecified atom stereocenters. The van der Waals surface area contributed by atoms with Gasteiger partial charge in [-0.2, -0.15) is 0 Å². The SMILES string of the molecule is CC1(C)c2ccccc2N(c2ccc3c(c2)-c2ccc(N4c5ccccc5C(C)(C)c5ccccc54)cc2S3(=O)=O)c2ccccc21. The minimum absolute atomic E-state index is 0.173. The van der Waals surface area contributed by atoms with Crippen molar-refractivity contribution in [2.45, 2.75) is 48.3 Å². The molecule has 0 fully saturated rings. The molecule has 0 amide bonds. The lowest BCUT2D eigenvalue weighted by molar-refractivity contribution is 0.598. The first kappa shape index (κ1) is 28.1. The zero-order valence-corrected chi connectivity index (χ0v) is 27.6. The highest BCUT2D eigenvalue weighted by molar-refractivity contribution is 7.92. The first-order valence-corrected chi connectivity index (χ1v) is 17.6. The third-order valence-electron chi connectivity index (χ3n) is 10.6. The Morgan fingerprint density at radius 1 is 0.426 bits per heavy atom. The van der Waals surface area contributed by atoms with Crippen LogP contribution in [0.1, 0.15) is 49.9 Å². The van der Waals surface area contributed by atoms with Crippen molar-refractivity contribution in [1.82, 2.24) is 0 Å². The van der Waals surface area contributed by atoms with Crippen LogP contribution in [0.3, 0.4) is 0 Å². The second-order valence-corrected chi connectivity index (χ2v) is 15.7. The number of hydrogen-bond acceptors (Lipinski definition) is 4. The fourth-order valence-corrected chi connectivity index (χ4v) is 9.90. The van der Waals surface area contributed by atoms with Gasteiger partial charge < -0.3 is 9.80 Å². The monoisotopic (exact) mass is 630 g/mol. The van der Waals surface area contributed by atoms with Crippen LogP contribution in [-0.2, 0) is 20.7 Å². The third kappa shape index (κ3) is 3.72. The smallest absolute Gasteiger partial charge is 0.207 e. The molecule has 6 aromatic rings. The lowest BCUT2D eigenvalue weighted by atomic mass is 9.73. The number of para-hydroxylation sites is 4. The Labute approximate surface area is 276 Å². The fourth-order valence-electron chi connectivity index (χ4n) is 8.21. The Kier molecular flexibility index (Phi) is 5.66. The molecule has 0 bridgehead atoms. The van der Waals surface area contributed by atoms with E-state index < -0.39 is 9.84 Å². The average Bonchev–Trinajstić information content (AvgIpc) is 3.30. The van der Waals surface area contributed by atoms with Gasteiger partial charge in [0.05, 0.1) is 32.5 Å². The number of rotatable bonds is 2. The molecule has 0 atom stereocenters. The van der Waals surface area contributed by atoms with Crippen LogP contribution in [0.15, 0.2) is 143 Å². The van der Waals surface area contributed by atoms with Crippen molar-refractivity contribution in [1.29, 1.82) is 0 Å². The first-order valence-electron chi connectivity index (χ1n) is 16.1. The molecule has 47 heavy (non-hydrogen) atoms. The van der Waals surface area contributed by atoms with Crippen LogP contribution in [0.2, 0.25) is 0 Å². The minimum atomic E-state index is -3.74. The predicted molar refractivity (Wildman–Crippen MR) is 191 cm³/mol. The molecule has 0 radical (unpaired) electrons. The zero-order chi connectivity index (χ0) is 32.3. The minimum Gasteiger partial charge on any atom is -0.310 e. The van der Waals surface area contributed by atoms with E-state index in [0.717, 1.165) is 45.3 Å². The van der Waals surface area contributed by atoms with Crippen molar-refractivity contribution in [2.24, 2.45) is 0 Å². The van der Waals surface area contributed by atoms with Gasteiger partial charge in [-0.3, -0.25) is 0 Å². The first-order chi connectivity index (χ1) is 22.6. The Bertz CT molecular complexity index is 2310. The molecular weight excluding hydrogens is 597 g/mol. The van der Waals surface area contributed by atoms with Crippen LogP contribution in [0.25, 0.3) is 11.1 Å². The van der Waals surface area contributed by atoms with E-state index in [1.54, 1.807) is 6.07 Å². The van der Waals surface area contributed by atoms with Crippen LogP contribution >= 0.6 is 0 Å². The highest BCUT2D eigenvalue weighted by Crippen LogP contribution is 2.55. The van der Waals surface area contributed by atoms with Crippen LogP contribution in [0.4, 0.5) is 34.1 Å². The van der Waals surface area contributed by atoms with Crippen molar-refractivity contribution in [3.05, 3.63) is 156 Å². The van der Waals surface area contributed by atoms with Crippen molar-refractivity contribution in [3.8, 4) is 11.1 Å².